The predicted molar refractivity (Wildman–Crippen MR) is 381 cm³/mol. The molecule has 0 saturated heterocycles. The molecule has 2 N–H and O–H groups in total. The zero-order valence-corrected chi connectivity index (χ0v) is 60.2. The Kier molecular flexibility index (Phi) is 68.1. The van der Waals surface area contributed by atoms with Crippen LogP contribution in [0.25, 0.3) is 0 Å². The van der Waals surface area contributed by atoms with Crippen molar-refractivity contribution in [3.05, 3.63) is 36.5 Å². The van der Waals surface area contributed by atoms with Gasteiger partial charge >= 0.3 is 0 Å². The van der Waals surface area contributed by atoms with Crippen LogP contribution in [0.5, 0.6) is 0 Å². The van der Waals surface area contributed by atoms with Crippen LogP contribution < -0.4 is 10.2 Å². The van der Waals surface area contributed by atoms with Crippen LogP contribution in [-0.2, 0) is 18.4 Å². The van der Waals surface area contributed by atoms with Gasteiger partial charge in [-0.2, -0.15) is 0 Å². The van der Waals surface area contributed by atoms with E-state index in [1.54, 1.807) is 0 Å². The van der Waals surface area contributed by atoms with E-state index in [1.807, 2.05) is 21.1 Å². The maximum absolute atomic E-state index is 13.1. The molecule has 0 radical (unpaired) electrons. The van der Waals surface area contributed by atoms with Crippen LogP contribution in [0.4, 0.5) is 0 Å². The highest BCUT2D eigenvalue weighted by Crippen LogP contribution is 2.38. The Balaban J connectivity index is 3.95. The summed E-state index contributed by atoms with van der Waals surface area (Å²) < 4.78 is 23.6. The number of amides is 1. The highest BCUT2D eigenvalue weighted by Gasteiger charge is 2.24. The highest BCUT2D eigenvalue weighted by molar-refractivity contribution is 7.45. The average molecular weight is 1250 g/mol. The second-order valence-corrected chi connectivity index (χ2v) is 29.5. The number of phosphoric acid groups is 1. The van der Waals surface area contributed by atoms with Crippen LogP contribution in [0.15, 0.2) is 36.5 Å². The van der Waals surface area contributed by atoms with Gasteiger partial charge < -0.3 is 28.8 Å². The first kappa shape index (κ1) is 85.7. The molecule has 1 amide bonds. The van der Waals surface area contributed by atoms with E-state index in [0.717, 1.165) is 51.4 Å². The molecule has 0 aliphatic rings. The normalized spacial score (nSPS) is 13.7. The van der Waals surface area contributed by atoms with Crippen LogP contribution in [0.2, 0.25) is 0 Å². The first-order valence-electron chi connectivity index (χ1n) is 38.8. The van der Waals surface area contributed by atoms with Crippen LogP contribution in [0.3, 0.4) is 0 Å². The minimum Gasteiger partial charge on any atom is -0.756 e. The smallest absolute Gasteiger partial charge is 0.268 e. The number of carbonyl (C=O) groups is 1. The van der Waals surface area contributed by atoms with E-state index in [4.69, 9.17) is 9.05 Å². The predicted octanol–water partition coefficient (Wildman–Crippen LogP) is 24.5. The summed E-state index contributed by atoms with van der Waals surface area (Å²) in [5.74, 6) is -0.156. The Labute approximate surface area is 544 Å². The van der Waals surface area contributed by atoms with E-state index in [0.29, 0.717) is 23.9 Å². The number of phosphoric ester groups is 1. The summed E-state index contributed by atoms with van der Waals surface area (Å²) in [7, 11) is 1.32. The van der Waals surface area contributed by atoms with Gasteiger partial charge in [0.2, 0.25) is 5.91 Å². The third kappa shape index (κ3) is 72.0. The first-order chi connectivity index (χ1) is 42.5. The first-order valence-corrected chi connectivity index (χ1v) is 40.3. The fourth-order valence-electron chi connectivity index (χ4n) is 12.1. The summed E-state index contributed by atoms with van der Waals surface area (Å²) in [6.07, 6.45) is 92.5. The molecule has 87 heavy (non-hydrogen) atoms. The third-order valence-electron chi connectivity index (χ3n) is 18.1. The van der Waals surface area contributed by atoms with Crippen molar-refractivity contribution in [2.45, 2.75) is 418 Å². The molecular weight excluding hydrogens is 1090 g/mol. The molecule has 0 aliphatic carbocycles. The Hall–Kier alpha value is -1.28. The quantitative estimate of drug-likeness (QED) is 0.0272. The van der Waals surface area contributed by atoms with Gasteiger partial charge in [0, 0.05) is 6.42 Å². The molecule has 516 valence electrons. The number of aliphatic hydroxyl groups is 1. The number of hydrogen-bond acceptors (Lipinski definition) is 6. The van der Waals surface area contributed by atoms with Gasteiger partial charge in [0.15, 0.2) is 0 Å². The van der Waals surface area contributed by atoms with Gasteiger partial charge in [0.1, 0.15) is 13.2 Å². The highest BCUT2D eigenvalue weighted by atomic mass is 31.2. The largest absolute Gasteiger partial charge is 0.756 e. The Morgan fingerprint density at radius 2 is 0.667 bits per heavy atom. The molecule has 0 aliphatic heterocycles. The molecule has 0 aromatic rings. The van der Waals surface area contributed by atoms with E-state index in [-0.39, 0.29) is 19.1 Å². The van der Waals surface area contributed by atoms with Gasteiger partial charge in [-0.1, -0.05) is 384 Å². The average Bonchev–Trinajstić information content (AvgIpc) is 3.71. The molecule has 0 heterocycles. The summed E-state index contributed by atoms with van der Waals surface area (Å²) in [5.41, 5.74) is 0. The second-order valence-electron chi connectivity index (χ2n) is 28.1. The van der Waals surface area contributed by atoms with Crippen LogP contribution in [-0.4, -0.2) is 68.5 Å². The molecule has 0 spiro atoms. The minimum atomic E-state index is -4.58. The fraction of sp³-hybridized carbons (Fsp3) is 0.910. The van der Waals surface area contributed by atoms with E-state index >= 15 is 0 Å². The van der Waals surface area contributed by atoms with Crippen molar-refractivity contribution in [1.82, 2.24) is 5.32 Å². The van der Waals surface area contributed by atoms with Crippen molar-refractivity contribution >= 4 is 13.7 Å². The Morgan fingerprint density at radius 3 is 0.966 bits per heavy atom. The molecule has 0 saturated carbocycles. The standard InChI is InChI=1S/C78H153N2O6P/c1-6-8-10-12-14-16-18-20-22-24-26-28-30-32-34-36-38-40-42-44-46-48-50-52-54-56-58-60-62-64-66-68-70-72-78(82)79-76(75-86-87(83,84)85-74-73-80(3,4)5)77(81)71-69-67-65-63-61-59-57-55-53-51-49-47-45-43-41-39-37-35-33-31-29-27-25-23-21-19-17-15-13-11-9-7-2/h18,20,24,26,30,32,76-77,81H,6-17,19,21-23,25,27-29,31,33-75H2,1-5H3,(H-,79,82,83,84)/b20-18-,26-24-,32-30-. The van der Waals surface area contributed by atoms with Crippen molar-refractivity contribution < 1.29 is 32.9 Å². The fourth-order valence-corrected chi connectivity index (χ4v) is 12.8. The summed E-state index contributed by atoms with van der Waals surface area (Å²) in [4.78, 5) is 25.7. The zero-order valence-electron chi connectivity index (χ0n) is 59.3. The van der Waals surface area contributed by atoms with Gasteiger partial charge in [-0.15, -0.1) is 0 Å². The minimum absolute atomic E-state index is 0.0143. The Morgan fingerprint density at radius 1 is 0.402 bits per heavy atom. The van der Waals surface area contributed by atoms with Crippen LogP contribution in [0, 0.1) is 0 Å². The van der Waals surface area contributed by atoms with E-state index in [1.165, 1.54) is 327 Å². The van der Waals surface area contributed by atoms with Crippen molar-refractivity contribution in [2.24, 2.45) is 0 Å². The number of carbonyl (C=O) groups excluding carboxylic acids is 1. The van der Waals surface area contributed by atoms with Crippen molar-refractivity contribution in [2.75, 3.05) is 40.9 Å². The molecule has 0 fully saturated rings. The number of quaternary nitrogens is 1. The maximum Gasteiger partial charge on any atom is 0.268 e. The zero-order chi connectivity index (χ0) is 63.4. The number of allylic oxidation sites excluding steroid dienone is 6. The molecule has 9 heteroatoms. The van der Waals surface area contributed by atoms with Crippen molar-refractivity contribution in [3.63, 3.8) is 0 Å². The molecular formula is C78H153N2O6P. The molecule has 0 rings (SSSR count). The van der Waals surface area contributed by atoms with Gasteiger partial charge in [-0.3, -0.25) is 9.36 Å². The number of rotatable bonds is 73. The molecule has 8 nitrogen and oxygen atoms in total. The number of unbranched alkanes of at least 4 members (excludes halogenated alkanes) is 54. The topological polar surface area (TPSA) is 108 Å². The van der Waals surface area contributed by atoms with Gasteiger partial charge in [-0.05, 0) is 51.4 Å². The van der Waals surface area contributed by atoms with Gasteiger partial charge in [0.25, 0.3) is 7.82 Å². The van der Waals surface area contributed by atoms with Gasteiger partial charge in [-0.25, -0.2) is 0 Å². The second kappa shape index (κ2) is 69.1. The number of nitrogens with one attached hydrogen (secondary N) is 1. The number of hydrogen-bond donors (Lipinski definition) is 2. The lowest BCUT2D eigenvalue weighted by Crippen LogP contribution is -2.46. The number of nitrogens with zero attached hydrogens (tertiary/aromatic N) is 1. The van der Waals surface area contributed by atoms with E-state index < -0.39 is 20.0 Å². The summed E-state index contributed by atoms with van der Waals surface area (Å²) in [6.45, 7) is 4.78. The SMILES string of the molecule is CCCCCCC/C=C\C/C=C\C/C=C\CCCCCCCCCCCCCCCCCCCCC(=O)NC(COP(=O)([O-])OCC[N+](C)(C)C)C(O)CCCCCCCCCCCCCCCCCCCCCCCCCCCCCCCCCC. The monoisotopic (exact) mass is 1250 g/mol. The van der Waals surface area contributed by atoms with E-state index in [9.17, 15) is 19.4 Å². The third-order valence-corrected chi connectivity index (χ3v) is 19.1. The summed E-state index contributed by atoms with van der Waals surface area (Å²) in [5, 5.41) is 14.1. The lowest BCUT2D eigenvalue weighted by atomic mass is 10.0. The van der Waals surface area contributed by atoms with Crippen LogP contribution >= 0.6 is 7.82 Å². The Bertz CT molecular complexity index is 1510. The number of likely N-dealkylation sites (N-methyl/N-ethyl adjacent to an activating group) is 1. The molecule has 0 aromatic heterocycles. The molecule has 3 unspecified atom stereocenters. The maximum atomic E-state index is 13.1. The van der Waals surface area contributed by atoms with Crippen LogP contribution in [0.1, 0.15) is 406 Å². The summed E-state index contributed by atoms with van der Waals surface area (Å²) in [6, 6.07) is -0.802. The number of aliphatic hydroxyl groups excluding tert-OH is 1. The van der Waals surface area contributed by atoms with Crippen molar-refractivity contribution in [3.8, 4) is 0 Å². The lowest BCUT2D eigenvalue weighted by Gasteiger charge is -2.30. The lowest BCUT2D eigenvalue weighted by molar-refractivity contribution is -0.870. The van der Waals surface area contributed by atoms with Crippen molar-refractivity contribution in [1.29, 1.82) is 0 Å². The van der Waals surface area contributed by atoms with E-state index in [2.05, 4.69) is 55.6 Å². The van der Waals surface area contributed by atoms with Gasteiger partial charge in [0.05, 0.1) is 39.9 Å². The molecule has 0 bridgehead atoms. The molecule has 0 aromatic carbocycles. The summed E-state index contributed by atoms with van der Waals surface area (Å²) >= 11 is 0. The molecule has 3 atom stereocenters.